The molecule has 4 heteroatoms. The quantitative estimate of drug-likeness (QED) is 0.371. The number of aryl methyl sites for hydroxylation is 3. The molecule has 0 N–H and O–H groups in total. The van der Waals surface area contributed by atoms with E-state index in [2.05, 4.69) is 12.1 Å². The third-order valence-corrected chi connectivity index (χ3v) is 6.92. The molecule has 0 aromatic heterocycles. The minimum absolute atomic E-state index is 0.00582. The van der Waals surface area contributed by atoms with E-state index in [1.165, 1.54) is 37.8 Å². The van der Waals surface area contributed by atoms with Crippen LogP contribution in [-0.2, 0) is 12.6 Å². The minimum Gasteiger partial charge on any atom is -0.294 e. The summed E-state index contributed by atoms with van der Waals surface area (Å²) >= 11 is 0. The van der Waals surface area contributed by atoms with Crippen LogP contribution in [0.3, 0.4) is 0 Å². The fourth-order valence-electron chi connectivity index (χ4n) is 4.73. The molecular formula is C30H34F3N. The summed E-state index contributed by atoms with van der Waals surface area (Å²) in [5.41, 5.74) is 2.12. The Morgan fingerprint density at radius 3 is 2.47 bits per heavy atom. The summed E-state index contributed by atoms with van der Waals surface area (Å²) in [7, 11) is 0. The molecule has 0 aliphatic carbocycles. The summed E-state index contributed by atoms with van der Waals surface area (Å²) in [4.78, 5) is 1.23. The van der Waals surface area contributed by atoms with Crippen molar-refractivity contribution in [2.24, 2.45) is 0 Å². The Morgan fingerprint density at radius 2 is 1.76 bits per heavy atom. The molecule has 180 valence electrons. The zero-order valence-corrected chi connectivity index (χ0v) is 20.5. The van der Waals surface area contributed by atoms with Crippen LogP contribution in [0.2, 0.25) is 0 Å². The van der Waals surface area contributed by atoms with E-state index in [0.29, 0.717) is 6.42 Å². The Bertz CT molecular complexity index is 1470. The van der Waals surface area contributed by atoms with Gasteiger partial charge in [0.25, 0.3) is 0 Å². The van der Waals surface area contributed by atoms with Crippen LogP contribution in [-0.4, -0.2) is 23.5 Å². The second-order valence-corrected chi connectivity index (χ2v) is 9.35. The summed E-state index contributed by atoms with van der Waals surface area (Å²) in [6, 6.07) is 11.4. The number of fused-ring (bicyclic) bond motifs is 1. The highest BCUT2D eigenvalue weighted by atomic mass is 19.4. The van der Waals surface area contributed by atoms with Gasteiger partial charge in [-0.15, -0.1) is 0 Å². The number of halogens is 3. The van der Waals surface area contributed by atoms with Crippen molar-refractivity contribution in [3.05, 3.63) is 87.5 Å². The molecule has 0 radical (unpaired) electrons. The SMILES string of the molecule is [2H]C1(C)C(C)=C(c2ccc(C)c(C(F)(F)F)c2)C([2H])([2H])C([2H])([2H])N1C(C)Cc1cc2cccc(C)c2cc1C. The number of nitrogens with zero attached hydrogens (tertiary/aromatic N) is 1. The average molecular weight is 471 g/mol. The number of hydrogen-bond donors (Lipinski definition) is 0. The second kappa shape index (κ2) is 9.22. The third-order valence-electron chi connectivity index (χ3n) is 6.92. The van der Waals surface area contributed by atoms with E-state index >= 15 is 0 Å². The molecule has 0 bridgehead atoms. The summed E-state index contributed by atoms with van der Waals surface area (Å²) in [6.07, 6.45) is -6.97. The zero-order chi connectivity index (χ0) is 29.3. The topological polar surface area (TPSA) is 3.24 Å². The first-order valence-electron chi connectivity index (χ1n) is 14.0. The molecule has 0 saturated heterocycles. The van der Waals surface area contributed by atoms with E-state index in [-0.39, 0.29) is 22.3 Å². The molecule has 34 heavy (non-hydrogen) atoms. The molecule has 1 nitrogen and oxygen atoms in total. The fourth-order valence-corrected chi connectivity index (χ4v) is 4.73. The molecule has 0 amide bonds. The van der Waals surface area contributed by atoms with Gasteiger partial charge in [-0.1, -0.05) is 48.0 Å². The van der Waals surface area contributed by atoms with Crippen LogP contribution in [0.5, 0.6) is 0 Å². The van der Waals surface area contributed by atoms with Gasteiger partial charge in [0.1, 0.15) is 0 Å². The lowest BCUT2D eigenvalue weighted by atomic mass is 9.87. The van der Waals surface area contributed by atoms with Crippen LogP contribution >= 0.6 is 0 Å². The first kappa shape index (κ1) is 18.7. The van der Waals surface area contributed by atoms with E-state index in [0.717, 1.165) is 33.5 Å². The molecule has 2 unspecified atom stereocenters. The van der Waals surface area contributed by atoms with E-state index < -0.39 is 36.7 Å². The largest absolute Gasteiger partial charge is 0.416 e. The Labute approximate surface area is 208 Å². The first-order chi connectivity index (χ1) is 17.8. The summed E-state index contributed by atoms with van der Waals surface area (Å²) in [5, 5.41) is 2.17. The maximum Gasteiger partial charge on any atom is 0.416 e. The van der Waals surface area contributed by atoms with Crippen LogP contribution < -0.4 is 0 Å². The maximum atomic E-state index is 13.7. The zero-order valence-electron chi connectivity index (χ0n) is 25.5. The van der Waals surface area contributed by atoms with Gasteiger partial charge in [-0.25, -0.2) is 0 Å². The number of benzene rings is 3. The van der Waals surface area contributed by atoms with Gasteiger partial charge < -0.3 is 0 Å². The Morgan fingerprint density at radius 1 is 1.03 bits per heavy atom. The lowest BCUT2D eigenvalue weighted by Crippen LogP contribution is -2.45. The van der Waals surface area contributed by atoms with Crippen molar-refractivity contribution in [3.63, 3.8) is 0 Å². The molecule has 1 aliphatic heterocycles. The van der Waals surface area contributed by atoms with Crippen LogP contribution in [0.4, 0.5) is 13.2 Å². The van der Waals surface area contributed by atoms with E-state index in [1.807, 2.05) is 32.0 Å². The van der Waals surface area contributed by atoms with Gasteiger partial charge >= 0.3 is 6.18 Å². The molecule has 0 fully saturated rings. The van der Waals surface area contributed by atoms with Crippen LogP contribution in [0.25, 0.3) is 16.3 Å². The maximum absolute atomic E-state index is 13.7. The van der Waals surface area contributed by atoms with Crippen molar-refractivity contribution in [1.82, 2.24) is 4.90 Å². The molecule has 4 rings (SSSR count). The number of hydrogen-bond acceptors (Lipinski definition) is 1. The van der Waals surface area contributed by atoms with Crippen LogP contribution in [0.1, 0.15) is 67.4 Å². The Hall–Kier alpha value is -2.59. The number of rotatable bonds is 4. The van der Waals surface area contributed by atoms with Crippen molar-refractivity contribution >= 4 is 16.3 Å². The summed E-state index contributed by atoms with van der Waals surface area (Å²) in [6.45, 7) is 7.44. The van der Waals surface area contributed by atoms with Gasteiger partial charge in [-0.05, 0) is 105 Å². The second-order valence-electron chi connectivity index (χ2n) is 9.35. The van der Waals surface area contributed by atoms with Crippen LogP contribution in [0, 0.1) is 20.8 Å². The van der Waals surface area contributed by atoms with Gasteiger partial charge in [0.05, 0.1) is 6.93 Å². The van der Waals surface area contributed by atoms with Gasteiger partial charge in [0.2, 0.25) is 0 Å². The van der Waals surface area contributed by atoms with Gasteiger partial charge in [-0.3, -0.25) is 4.90 Å². The monoisotopic (exact) mass is 470 g/mol. The standard InChI is InChI=1S/C30H34F3N/c1-18-8-7-9-24-16-26(20(3)14-28(18)24)15-21(4)34-13-12-27(22(5)23(34)6)25-11-10-19(2)29(17-25)30(31,32)33/h7-11,14,16-17,21,23H,12-13,15H2,1-6H3/i12D2,13D2,23D. The number of alkyl halides is 3. The normalized spacial score (nSPS) is 25.9. The van der Waals surface area contributed by atoms with E-state index in [4.69, 9.17) is 5.48 Å². The van der Waals surface area contributed by atoms with Gasteiger partial charge in [-0.2, -0.15) is 13.2 Å². The van der Waals surface area contributed by atoms with Crippen molar-refractivity contribution < 1.29 is 20.0 Å². The van der Waals surface area contributed by atoms with E-state index in [1.54, 1.807) is 6.92 Å². The molecule has 1 heterocycles. The van der Waals surface area contributed by atoms with E-state index in [9.17, 15) is 14.5 Å². The molecule has 0 spiro atoms. The molecule has 0 saturated carbocycles. The van der Waals surface area contributed by atoms with Crippen molar-refractivity contribution in [2.75, 3.05) is 6.50 Å². The third kappa shape index (κ3) is 4.65. The molecule has 2 atom stereocenters. The highest BCUT2D eigenvalue weighted by Gasteiger charge is 2.34. The van der Waals surface area contributed by atoms with Crippen molar-refractivity contribution in [2.45, 2.75) is 72.6 Å². The van der Waals surface area contributed by atoms with Gasteiger partial charge in [0.15, 0.2) is 0 Å². The molecule has 1 aliphatic rings. The lowest BCUT2D eigenvalue weighted by Gasteiger charge is -2.40. The lowest BCUT2D eigenvalue weighted by molar-refractivity contribution is -0.138. The Kier molecular flexibility index (Phi) is 5.07. The summed E-state index contributed by atoms with van der Waals surface area (Å²) < 4.78 is 86.1. The average Bonchev–Trinajstić information content (AvgIpc) is 2.79. The predicted molar refractivity (Wildman–Crippen MR) is 136 cm³/mol. The Balaban J connectivity index is 1.82. The highest BCUT2D eigenvalue weighted by molar-refractivity contribution is 5.87. The smallest absolute Gasteiger partial charge is 0.294 e. The molecule has 3 aromatic rings. The molecular weight excluding hydrogens is 431 g/mol. The predicted octanol–water partition coefficient (Wildman–Crippen LogP) is 8.28. The molecule has 3 aromatic carbocycles. The fraction of sp³-hybridized carbons (Fsp3) is 0.400. The minimum atomic E-state index is -4.64. The first-order valence-corrected chi connectivity index (χ1v) is 11.5. The summed E-state index contributed by atoms with van der Waals surface area (Å²) in [5.74, 6) is 0. The van der Waals surface area contributed by atoms with Crippen molar-refractivity contribution in [3.8, 4) is 0 Å². The van der Waals surface area contributed by atoms with Gasteiger partial charge in [0, 0.05) is 24.0 Å². The highest BCUT2D eigenvalue weighted by Crippen LogP contribution is 2.37. The van der Waals surface area contributed by atoms with Crippen molar-refractivity contribution in [1.29, 1.82) is 0 Å². The van der Waals surface area contributed by atoms with Crippen LogP contribution in [0.15, 0.2) is 54.1 Å².